The van der Waals surface area contributed by atoms with Gasteiger partial charge in [-0.15, -0.1) is 0 Å². The molecule has 1 aliphatic carbocycles. The van der Waals surface area contributed by atoms with Crippen molar-refractivity contribution in [1.82, 2.24) is 4.90 Å². The molecular weight excluding hydrogens is 188 g/mol. The van der Waals surface area contributed by atoms with Gasteiger partial charge in [0.25, 0.3) is 0 Å². The molecule has 0 saturated heterocycles. The molecule has 0 aromatic rings. The van der Waals surface area contributed by atoms with Crippen LogP contribution in [0.5, 0.6) is 0 Å². The number of nitrogens with two attached hydrogens (primary N) is 1. The van der Waals surface area contributed by atoms with E-state index in [0.29, 0.717) is 12.1 Å². The molecule has 1 rings (SSSR count). The molecule has 0 aromatic carbocycles. The van der Waals surface area contributed by atoms with Gasteiger partial charge in [0.05, 0.1) is 6.10 Å². The number of hydrogen-bond acceptors (Lipinski definition) is 3. The molecule has 0 spiro atoms. The number of nitrogens with zero attached hydrogens (tertiary/aromatic N) is 1. The van der Waals surface area contributed by atoms with Crippen molar-refractivity contribution >= 4 is 0 Å². The highest BCUT2D eigenvalue weighted by Gasteiger charge is 2.24. The van der Waals surface area contributed by atoms with Crippen LogP contribution in [0.4, 0.5) is 0 Å². The minimum Gasteiger partial charge on any atom is -0.392 e. The summed E-state index contributed by atoms with van der Waals surface area (Å²) in [6.07, 6.45) is 5.64. The third kappa shape index (κ3) is 4.49. The summed E-state index contributed by atoms with van der Waals surface area (Å²) in [6.45, 7) is 5.99. The molecule has 3 heteroatoms. The molecule has 3 N–H and O–H groups in total. The molecule has 90 valence electrons. The van der Waals surface area contributed by atoms with E-state index in [1.165, 1.54) is 12.8 Å². The second kappa shape index (κ2) is 6.46. The van der Waals surface area contributed by atoms with Crippen molar-refractivity contribution in [2.75, 3.05) is 13.1 Å². The Morgan fingerprint density at radius 3 is 2.40 bits per heavy atom. The molecule has 0 unspecified atom stereocenters. The van der Waals surface area contributed by atoms with E-state index in [9.17, 15) is 5.11 Å². The maximum Gasteiger partial charge on any atom is 0.0639 e. The molecule has 1 atom stereocenters. The zero-order valence-electron chi connectivity index (χ0n) is 10.2. The Bertz CT molecular complexity index is 165. The first-order chi connectivity index (χ1) is 7.13. The SMILES string of the molecule is CCCN(C[C@H](C)O)C1CCC(N)CC1. The number of rotatable bonds is 5. The van der Waals surface area contributed by atoms with Gasteiger partial charge in [-0.05, 0) is 45.6 Å². The monoisotopic (exact) mass is 214 g/mol. The quantitative estimate of drug-likeness (QED) is 0.726. The van der Waals surface area contributed by atoms with E-state index in [0.717, 1.165) is 32.4 Å². The number of aliphatic hydroxyl groups is 1. The maximum absolute atomic E-state index is 9.47. The van der Waals surface area contributed by atoms with Gasteiger partial charge < -0.3 is 10.8 Å². The predicted molar refractivity (Wildman–Crippen MR) is 63.8 cm³/mol. The van der Waals surface area contributed by atoms with Crippen LogP contribution >= 0.6 is 0 Å². The zero-order valence-corrected chi connectivity index (χ0v) is 10.2. The molecule has 0 aromatic heterocycles. The molecule has 0 bridgehead atoms. The molecule has 1 aliphatic rings. The smallest absolute Gasteiger partial charge is 0.0639 e. The van der Waals surface area contributed by atoms with E-state index < -0.39 is 0 Å². The van der Waals surface area contributed by atoms with Crippen molar-refractivity contribution in [3.8, 4) is 0 Å². The van der Waals surface area contributed by atoms with E-state index in [1.807, 2.05) is 6.92 Å². The molecule has 0 aliphatic heterocycles. The Morgan fingerprint density at radius 2 is 1.93 bits per heavy atom. The molecule has 0 heterocycles. The van der Waals surface area contributed by atoms with Crippen LogP contribution < -0.4 is 5.73 Å². The van der Waals surface area contributed by atoms with Gasteiger partial charge in [0.15, 0.2) is 0 Å². The number of aliphatic hydroxyl groups excluding tert-OH is 1. The van der Waals surface area contributed by atoms with Crippen molar-refractivity contribution < 1.29 is 5.11 Å². The first-order valence-corrected chi connectivity index (χ1v) is 6.31. The average Bonchev–Trinajstić information content (AvgIpc) is 2.17. The van der Waals surface area contributed by atoms with Crippen LogP contribution in [-0.2, 0) is 0 Å². The first-order valence-electron chi connectivity index (χ1n) is 6.31. The van der Waals surface area contributed by atoms with Crippen LogP contribution in [0.25, 0.3) is 0 Å². The van der Waals surface area contributed by atoms with Crippen molar-refractivity contribution in [2.45, 2.75) is 64.1 Å². The van der Waals surface area contributed by atoms with Crippen molar-refractivity contribution in [3.63, 3.8) is 0 Å². The Labute approximate surface area is 93.6 Å². The summed E-state index contributed by atoms with van der Waals surface area (Å²) in [5.74, 6) is 0. The second-order valence-corrected chi connectivity index (χ2v) is 4.91. The lowest BCUT2D eigenvalue weighted by atomic mass is 9.90. The fourth-order valence-corrected chi connectivity index (χ4v) is 2.52. The van der Waals surface area contributed by atoms with E-state index in [4.69, 9.17) is 5.73 Å². The molecule has 1 saturated carbocycles. The molecular formula is C12H26N2O. The Hall–Kier alpha value is -0.120. The van der Waals surface area contributed by atoms with Gasteiger partial charge >= 0.3 is 0 Å². The largest absolute Gasteiger partial charge is 0.392 e. The lowest BCUT2D eigenvalue weighted by molar-refractivity contribution is 0.0802. The summed E-state index contributed by atoms with van der Waals surface area (Å²) in [4.78, 5) is 2.44. The second-order valence-electron chi connectivity index (χ2n) is 4.91. The highest BCUT2D eigenvalue weighted by Crippen LogP contribution is 2.22. The third-order valence-electron chi connectivity index (χ3n) is 3.27. The van der Waals surface area contributed by atoms with Crippen molar-refractivity contribution in [3.05, 3.63) is 0 Å². The van der Waals surface area contributed by atoms with E-state index in [2.05, 4.69) is 11.8 Å². The van der Waals surface area contributed by atoms with Crippen LogP contribution in [0, 0.1) is 0 Å². The van der Waals surface area contributed by atoms with Crippen LogP contribution in [0.3, 0.4) is 0 Å². The van der Waals surface area contributed by atoms with Gasteiger partial charge in [0.2, 0.25) is 0 Å². The standard InChI is InChI=1S/C12H26N2O/c1-3-8-14(9-10(2)15)12-6-4-11(13)5-7-12/h10-12,15H,3-9,13H2,1-2H3/t10-,11?,12?/m0/s1. The Kier molecular flexibility index (Phi) is 5.58. The third-order valence-corrected chi connectivity index (χ3v) is 3.27. The summed E-state index contributed by atoms with van der Waals surface area (Å²) in [7, 11) is 0. The summed E-state index contributed by atoms with van der Waals surface area (Å²) in [5, 5.41) is 9.47. The fourth-order valence-electron chi connectivity index (χ4n) is 2.52. The summed E-state index contributed by atoms with van der Waals surface area (Å²) >= 11 is 0. The number of hydrogen-bond donors (Lipinski definition) is 2. The van der Waals surface area contributed by atoms with E-state index in [-0.39, 0.29) is 6.10 Å². The van der Waals surface area contributed by atoms with E-state index >= 15 is 0 Å². The van der Waals surface area contributed by atoms with Crippen LogP contribution in [0.1, 0.15) is 46.0 Å². The summed E-state index contributed by atoms with van der Waals surface area (Å²) < 4.78 is 0. The lowest BCUT2D eigenvalue weighted by Crippen LogP contribution is -2.44. The lowest BCUT2D eigenvalue weighted by Gasteiger charge is -2.36. The van der Waals surface area contributed by atoms with Crippen molar-refractivity contribution in [2.24, 2.45) is 5.73 Å². The van der Waals surface area contributed by atoms with E-state index in [1.54, 1.807) is 0 Å². The normalized spacial score (nSPS) is 29.4. The fraction of sp³-hybridized carbons (Fsp3) is 1.00. The molecule has 15 heavy (non-hydrogen) atoms. The van der Waals surface area contributed by atoms with Gasteiger partial charge in [-0.25, -0.2) is 0 Å². The van der Waals surface area contributed by atoms with Crippen LogP contribution in [0.15, 0.2) is 0 Å². The summed E-state index contributed by atoms with van der Waals surface area (Å²) in [5.41, 5.74) is 5.90. The van der Waals surface area contributed by atoms with Crippen molar-refractivity contribution in [1.29, 1.82) is 0 Å². The minimum absolute atomic E-state index is 0.216. The first kappa shape index (κ1) is 12.9. The summed E-state index contributed by atoms with van der Waals surface area (Å²) in [6, 6.07) is 1.07. The Balaban J connectivity index is 2.40. The van der Waals surface area contributed by atoms with Crippen LogP contribution in [0.2, 0.25) is 0 Å². The molecule has 0 radical (unpaired) electrons. The molecule has 1 fully saturated rings. The highest BCUT2D eigenvalue weighted by molar-refractivity contribution is 4.81. The van der Waals surface area contributed by atoms with Gasteiger partial charge in [0.1, 0.15) is 0 Å². The van der Waals surface area contributed by atoms with Gasteiger partial charge in [0, 0.05) is 18.6 Å². The topological polar surface area (TPSA) is 49.5 Å². The average molecular weight is 214 g/mol. The van der Waals surface area contributed by atoms with Gasteiger partial charge in [-0.3, -0.25) is 4.90 Å². The Morgan fingerprint density at radius 1 is 1.33 bits per heavy atom. The maximum atomic E-state index is 9.47. The predicted octanol–water partition coefficient (Wildman–Crippen LogP) is 1.35. The van der Waals surface area contributed by atoms with Gasteiger partial charge in [-0.1, -0.05) is 6.92 Å². The van der Waals surface area contributed by atoms with Crippen LogP contribution in [-0.4, -0.2) is 41.3 Å². The highest BCUT2D eigenvalue weighted by atomic mass is 16.3. The molecule has 0 amide bonds. The van der Waals surface area contributed by atoms with Gasteiger partial charge in [-0.2, -0.15) is 0 Å². The zero-order chi connectivity index (χ0) is 11.3. The molecule has 3 nitrogen and oxygen atoms in total. The minimum atomic E-state index is -0.216.